The first kappa shape index (κ1) is 14.0. The fourth-order valence-corrected chi connectivity index (χ4v) is 2.32. The summed E-state index contributed by atoms with van der Waals surface area (Å²) in [5.41, 5.74) is 0.749. The minimum atomic E-state index is 0.297. The summed E-state index contributed by atoms with van der Waals surface area (Å²) in [6.07, 6.45) is 1.71. The van der Waals surface area contributed by atoms with Crippen LogP contribution in [0.5, 0.6) is 6.01 Å². The maximum atomic E-state index is 5.84. The molecule has 7 heteroatoms. The molecular weight excluding hydrogens is 290 g/mol. The third kappa shape index (κ3) is 3.80. The van der Waals surface area contributed by atoms with E-state index in [4.69, 9.17) is 16.3 Å². The van der Waals surface area contributed by atoms with E-state index in [1.807, 2.05) is 18.2 Å². The van der Waals surface area contributed by atoms with Crippen molar-refractivity contribution in [3.8, 4) is 6.01 Å². The average Bonchev–Trinajstić information content (AvgIpc) is 2.54. The highest BCUT2D eigenvalue weighted by atomic mass is 35.5. The van der Waals surface area contributed by atoms with Gasteiger partial charge in [0.05, 0.1) is 5.69 Å². The SMILES string of the molecule is Clc1cccc(COc2nccc(N3CCNCC3)n2)n1. The Morgan fingerprint density at radius 2 is 2.05 bits per heavy atom. The summed E-state index contributed by atoms with van der Waals surface area (Å²) in [7, 11) is 0. The van der Waals surface area contributed by atoms with E-state index in [1.165, 1.54) is 0 Å². The van der Waals surface area contributed by atoms with Gasteiger partial charge in [-0.05, 0) is 18.2 Å². The molecule has 3 heterocycles. The van der Waals surface area contributed by atoms with Gasteiger partial charge in [0.1, 0.15) is 17.6 Å². The predicted molar refractivity (Wildman–Crippen MR) is 80.7 cm³/mol. The lowest BCUT2D eigenvalue weighted by atomic mass is 10.3. The summed E-state index contributed by atoms with van der Waals surface area (Å²) in [5.74, 6) is 0.889. The van der Waals surface area contributed by atoms with Crippen molar-refractivity contribution in [2.45, 2.75) is 6.61 Å². The molecule has 2 aromatic heterocycles. The van der Waals surface area contributed by atoms with Crippen LogP contribution in [0.15, 0.2) is 30.5 Å². The summed E-state index contributed by atoms with van der Waals surface area (Å²) >= 11 is 5.84. The number of hydrogen-bond donors (Lipinski definition) is 1. The van der Waals surface area contributed by atoms with Crippen LogP contribution < -0.4 is 15.0 Å². The van der Waals surface area contributed by atoms with Gasteiger partial charge in [-0.1, -0.05) is 17.7 Å². The topological polar surface area (TPSA) is 63.2 Å². The van der Waals surface area contributed by atoms with Crippen LogP contribution in [0.4, 0.5) is 5.82 Å². The zero-order valence-electron chi connectivity index (χ0n) is 11.5. The molecule has 2 aromatic rings. The number of rotatable bonds is 4. The van der Waals surface area contributed by atoms with Crippen LogP contribution in [0, 0.1) is 0 Å². The van der Waals surface area contributed by atoms with E-state index in [0.717, 1.165) is 37.7 Å². The zero-order valence-corrected chi connectivity index (χ0v) is 12.3. The van der Waals surface area contributed by atoms with E-state index in [0.29, 0.717) is 17.8 Å². The number of ether oxygens (including phenoxy) is 1. The van der Waals surface area contributed by atoms with Gasteiger partial charge in [-0.15, -0.1) is 0 Å². The van der Waals surface area contributed by atoms with E-state index < -0.39 is 0 Å². The molecule has 0 radical (unpaired) electrons. The van der Waals surface area contributed by atoms with Crippen LogP contribution in [-0.2, 0) is 6.61 Å². The first-order chi connectivity index (χ1) is 10.3. The molecule has 0 spiro atoms. The highest BCUT2D eigenvalue weighted by molar-refractivity contribution is 6.29. The summed E-state index contributed by atoms with van der Waals surface area (Å²) < 4.78 is 5.59. The van der Waals surface area contributed by atoms with Crippen molar-refractivity contribution in [1.29, 1.82) is 0 Å². The Hall–Kier alpha value is -1.92. The quantitative estimate of drug-likeness (QED) is 0.864. The number of aromatic nitrogens is 3. The molecule has 0 atom stereocenters. The minimum Gasteiger partial charge on any atom is -0.457 e. The van der Waals surface area contributed by atoms with Gasteiger partial charge in [0.15, 0.2) is 0 Å². The van der Waals surface area contributed by atoms with Gasteiger partial charge < -0.3 is 15.0 Å². The lowest BCUT2D eigenvalue weighted by Crippen LogP contribution is -2.43. The molecule has 3 rings (SSSR count). The zero-order chi connectivity index (χ0) is 14.5. The largest absolute Gasteiger partial charge is 0.457 e. The van der Waals surface area contributed by atoms with Gasteiger partial charge in [0.25, 0.3) is 0 Å². The molecule has 110 valence electrons. The van der Waals surface area contributed by atoms with Crippen molar-refractivity contribution in [1.82, 2.24) is 20.3 Å². The number of hydrogen-bond acceptors (Lipinski definition) is 6. The lowest BCUT2D eigenvalue weighted by Gasteiger charge is -2.28. The average molecular weight is 306 g/mol. The second kappa shape index (κ2) is 6.69. The van der Waals surface area contributed by atoms with E-state index in [1.54, 1.807) is 12.3 Å². The molecule has 21 heavy (non-hydrogen) atoms. The highest BCUT2D eigenvalue weighted by Gasteiger charge is 2.12. The van der Waals surface area contributed by atoms with E-state index >= 15 is 0 Å². The minimum absolute atomic E-state index is 0.297. The smallest absolute Gasteiger partial charge is 0.318 e. The molecule has 0 aromatic carbocycles. The summed E-state index contributed by atoms with van der Waals surface area (Å²) in [4.78, 5) is 15.0. The Labute approximate surface area is 128 Å². The van der Waals surface area contributed by atoms with Gasteiger partial charge in [-0.3, -0.25) is 0 Å². The first-order valence-electron chi connectivity index (χ1n) is 6.84. The number of nitrogens with one attached hydrogen (secondary N) is 1. The second-order valence-electron chi connectivity index (χ2n) is 4.67. The van der Waals surface area contributed by atoms with Crippen LogP contribution in [0.3, 0.4) is 0 Å². The third-order valence-corrected chi connectivity index (χ3v) is 3.39. The molecule has 0 amide bonds. The van der Waals surface area contributed by atoms with E-state index in [-0.39, 0.29) is 0 Å². The molecule has 1 fully saturated rings. The monoisotopic (exact) mass is 305 g/mol. The van der Waals surface area contributed by atoms with Crippen molar-refractivity contribution in [3.63, 3.8) is 0 Å². The highest BCUT2D eigenvalue weighted by Crippen LogP contribution is 2.15. The van der Waals surface area contributed by atoms with Gasteiger partial charge in [-0.2, -0.15) is 4.98 Å². The van der Waals surface area contributed by atoms with Crippen molar-refractivity contribution < 1.29 is 4.74 Å². The molecule has 6 nitrogen and oxygen atoms in total. The molecule has 1 saturated heterocycles. The Balaban J connectivity index is 1.65. The van der Waals surface area contributed by atoms with Crippen LogP contribution >= 0.6 is 11.6 Å². The Morgan fingerprint density at radius 1 is 1.19 bits per heavy atom. The normalized spacial score (nSPS) is 15.0. The number of piperazine rings is 1. The molecule has 0 saturated carbocycles. The Kier molecular flexibility index (Phi) is 4.47. The molecule has 1 N–H and O–H groups in total. The molecule has 0 bridgehead atoms. The third-order valence-electron chi connectivity index (χ3n) is 3.18. The maximum absolute atomic E-state index is 5.84. The molecule has 0 unspecified atom stereocenters. The standard InChI is InChI=1S/C14H16ClN5O/c15-12-3-1-2-11(18-12)10-21-14-17-5-4-13(19-14)20-8-6-16-7-9-20/h1-5,16H,6-10H2. The second-order valence-corrected chi connectivity index (χ2v) is 5.06. The summed E-state index contributed by atoms with van der Waals surface area (Å²) in [6.45, 7) is 4.10. The van der Waals surface area contributed by atoms with Crippen molar-refractivity contribution >= 4 is 17.4 Å². The van der Waals surface area contributed by atoms with Crippen molar-refractivity contribution in [2.75, 3.05) is 31.1 Å². The Morgan fingerprint density at radius 3 is 2.86 bits per heavy atom. The van der Waals surface area contributed by atoms with Crippen molar-refractivity contribution in [2.24, 2.45) is 0 Å². The van der Waals surface area contributed by atoms with Crippen molar-refractivity contribution in [3.05, 3.63) is 41.3 Å². The molecule has 1 aliphatic heterocycles. The van der Waals surface area contributed by atoms with E-state index in [9.17, 15) is 0 Å². The first-order valence-corrected chi connectivity index (χ1v) is 7.22. The van der Waals surface area contributed by atoms with Gasteiger partial charge in [0, 0.05) is 32.4 Å². The number of nitrogens with zero attached hydrogens (tertiary/aromatic N) is 4. The Bertz CT molecular complexity index is 603. The van der Waals surface area contributed by atoms with Crippen LogP contribution in [-0.4, -0.2) is 41.1 Å². The molecule has 0 aliphatic carbocycles. The summed E-state index contributed by atoms with van der Waals surface area (Å²) in [5, 5.41) is 3.76. The van der Waals surface area contributed by atoms with Crippen LogP contribution in [0.1, 0.15) is 5.69 Å². The van der Waals surface area contributed by atoms with Gasteiger partial charge in [0.2, 0.25) is 0 Å². The van der Waals surface area contributed by atoms with Crippen LogP contribution in [0.2, 0.25) is 5.15 Å². The number of halogens is 1. The van der Waals surface area contributed by atoms with Gasteiger partial charge >= 0.3 is 6.01 Å². The van der Waals surface area contributed by atoms with E-state index in [2.05, 4.69) is 25.2 Å². The lowest BCUT2D eigenvalue weighted by molar-refractivity contribution is 0.276. The molecule has 1 aliphatic rings. The summed E-state index contributed by atoms with van der Waals surface area (Å²) in [6, 6.07) is 7.67. The number of anilines is 1. The van der Waals surface area contributed by atoms with Crippen LogP contribution in [0.25, 0.3) is 0 Å². The van der Waals surface area contributed by atoms with Gasteiger partial charge in [-0.25, -0.2) is 9.97 Å². The maximum Gasteiger partial charge on any atom is 0.318 e. The molecular formula is C14H16ClN5O. The fourth-order valence-electron chi connectivity index (χ4n) is 2.14. The predicted octanol–water partition coefficient (Wildman–Crippen LogP) is 1.51. The fraction of sp³-hybridized carbons (Fsp3) is 0.357. The number of pyridine rings is 1.